The van der Waals surface area contributed by atoms with Crippen LogP contribution in [0.4, 0.5) is 0 Å². The average molecular weight is 308 g/mol. The molecule has 0 radical (unpaired) electrons. The largest absolute Gasteiger partial charge is 0.395 e. The minimum Gasteiger partial charge on any atom is -0.395 e. The van der Waals surface area contributed by atoms with E-state index in [0.717, 1.165) is 12.8 Å². The Kier molecular flexibility index (Phi) is 6.38. The summed E-state index contributed by atoms with van der Waals surface area (Å²) < 4.78 is 0. The van der Waals surface area contributed by atoms with Crippen LogP contribution in [-0.2, 0) is 4.79 Å². The minimum atomic E-state index is -0.112. The molecule has 4 heteroatoms. The summed E-state index contributed by atoms with van der Waals surface area (Å²) >= 11 is 0. The van der Waals surface area contributed by atoms with Crippen molar-refractivity contribution in [3.8, 4) is 0 Å². The fraction of sp³-hybridized carbons (Fsp3) is 0.722. The molecule has 0 aliphatic carbocycles. The number of aliphatic hydroxyl groups excluding tert-OH is 1. The van der Waals surface area contributed by atoms with E-state index in [0.29, 0.717) is 19.6 Å². The first-order valence-electron chi connectivity index (χ1n) is 8.09. The van der Waals surface area contributed by atoms with Gasteiger partial charge in [-0.3, -0.25) is 9.69 Å². The Bertz CT molecular complexity index is 387. The first-order valence-corrected chi connectivity index (χ1v) is 8.09. The van der Waals surface area contributed by atoms with Gasteiger partial charge in [-0.05, 0) is 40.5 Å². The Morgan fingerprint density at radius 1 is 1.18 bits per heavy atom. The van der Waals surface area contributed by atoms with Crippen molar-refractivity contribution >= 4 is 5.91 Å². The number of β-amino-alcohol motifs (C(OH)–C–C–N with tert-alkyl or cyclic N) is 1. The van der Waals surface area contributed by atoms with Crippen molar-refractivity contribution in [3.63, 3.8) is 0 Å². The van der Waals surface area contributed by atoms with E-state index >= 15 is 0 Å². The van der Waals surface area contributed by atoms with Crippen molar-refractivity contribution in [3.05, 3.63) is 25.3 Å². The highest BCUT2D eigenvalue weighted by molar-refractivity contribution is 5.79. The van der Waals surface area contributed by atoms with Crippen molar-refractivity contribution in [2.45, 2.75) is 51.6 Å². The van der Waals surface area contributed by atoms with E-state index in [1.54, 1.807) is 12.2 Å². The second-order valence-corrected chi connectivity index (χ2v) is 7.43. The van der Waals surface area contributed by atoms with Crippen LogP contribution in [-0.4, -0.2) is 58.1 Å². The van der Waals surface area contributed by atoms with Gasteiger partial charge in [0, 0.05) is 36.6 Å². The van der Waals surface area contributed by atoms with E-state index < -0.39 is 0 Å². The molecule has 1 heterocycles. The molecule has 0 aromatic rings. The second-order valence-electron chi connectivity index (χ2n) is 7.43. The number of hydrogen-bond acceptors (Lipinski definition) is 3. The molecule has 4 nitrogen and oxygen atoms in total. The number of hydrogen-bond donors (Lipinski definition) is 1. The molecular weight excluding hydrogens is 276 g/mol. The molecular formula is C18H32N2O2. The van der Waals surface area contributed by atoms with E-state index in [2.05, 4.69) is 45.8 Å². The maximum Gasteiger partial charge on any atom is 0.226 e. The summed E-state index contributed by atoms with van der Waals surface area (Å²) in [5.41, 5.74) is -0.225. The predicted octanol–water partition coefficient (Wildman–Crippen LogP) is 2.45. The number of aliphatic hydroxyl groups is 1. The van der Waals surface area contributed by atoms with Crippen LogP contribution in [0.5, 0.6) is 0 Å². The van der Waals surface area contributed by atoms with E-state index in [-0.39, 0.29) is 29.5 Å². The lowest BCUT2D eigenvalue weighted by molar-refractivity contribution is -0.143. The summed E-state index contributed by atoms with van der Waals surface area (Å²) in [5, 5.41) is 9.35. The molecule has 0 bridgehead atoms. The third-order valence-corrected chi connectivity index (χ3v) is 4.64. The topological polar surface area (TPSA) is 43.8 Å². The fourth-order valence-electron chi connectivity index (χ4n) is 4.02. The fourth-order valence-corrected chi connectivity index (χ4v) is 4.02. The van der Waals surface area contributed by atoms with Gasteiger partial charge in [-0.15, -0.1) is 13.2 Å². The Morgan fingerprint density at radius 2 is 1.64 bits per heavy atom. The van der Waals surface area contributed by atoms with E-state index in [4.69, 9.17) is 0 Å². The molecule has 0 saturated carbocycles. The number of piperidine rings is 1. The van der Waals surface area contributed by atoms with Crippen LogP contribution in [0.2, 0.25) is 0 Å². The SMILES string of the molecule is C=CCN(CC=C)C(=O)C1CC(C)(C)N(CCO)C(C)(C)C1. The van der Waals surface area contributed by atoms with Crippen molar-refractivity contribution < 1.29 is 9.90 Å². The number of amides is 1. The van der Waals surface area contributed by atoms with Gasteiger partial charge in [0.2, 0.25) is 5.91 Å². The Labute approximate surface area is 135 Å². The Hall–Kier alpha value is -1.13. The lowest BCUT2D eigenvalue weighted by Crippen LogP contribution is -2.62. The number of carbonyl (C=O) groups is 1. The van der Waals surface area contributed by atoms with E-state index in [1.807, 2.05) is 4.90 Å². The third-order valence-electron chi connectivity index (χ3n) is 4.64. The molecule has 1 amide bonds. The van der Waals surface area contributed by atoms with Crippen molar-refractivity contribution in [2.24, 2.45) is 5.92 Å². The predicted molar refractivity (Wildman–Crippen MR) is 91.6 cm³/mol. The van der Waals surface area contributed by atoms with Crippen LogP contribution >= 0.6 is 0 Å². The molecule has 0 aromatic heterocycles. The van der Waals surface area contributed by atoms with E-state index in [9.17, 15) is 9.90 Å². The Balaban J connectivity index is 2.96. The number of likely N-dealkylation sites (tertiary alicyclic amines) is 1. The van der Waals surface area contributed by atoms with Crippen LogP contribution in [0.25, 0.3) is 0 Å². The first-order chi connectivity index (χ1) is 10.2. The van der Waals surface area contributed by atoms with Crippen molar-refractivity contribution in [2.75, 3.05) is 26.2 Å². The van der Waals surface area contributed by atoms with Crippen LogP contribution in [0, 0.1) is 5.92 Å². The summed E-state index contributed by atoms with van der Waals surface area (Å²) in [6.07, 6.45) is 5.14. The zero-order valence-electron chi connectivity index (χ0n) is 14.6. The van der Waals surface area contributed by atoms with Gasteiger partial charge in [-0.2, -0.15) is 0 Å². The Morgan fingerprint density at radius 3 is 2.00 bits per heavy atom. The number of nitrogens with zero attached hydrogens (tertiary/aromatic N) is 2. The molecule has 1 aliphatic rings. The van der Waals surface area contributed by atoms with Gasteiger partial charge in [0.05, 0.1) is 6.61 Å². The third kappa shape index (κ3) is 4.20. The highest BCUT2D eigenvalue weighted by Gasteiger charge is 2.47. The molecule has 1 aliphatic heterocycles. The van der Waals surface area contributed by atoms with Crippen LogP contribution < -0.4 is 0 Å². The summed E-state index contributed by atoms with van der Waals surface area (Å²) in [7, 11) is 0. The maximum atomic E-state index is 12.9. The number of carbonyl (C=O) groups excluding carboxylic acids is 1. The van der Waals surface area contributed by atoms with Gasteiger partial charge in [0.25, 0.3) is 0 Å². The number of rotatable bonds is 7. The molecule has 1 rings (SSSR count). The molecule has 126 valence electrons. The smallest absolute Gasteiger partial charge is 0.226 e. The summed E-state index contributed by atoms with van der Waals surface area (Å²) in [6, 6.07) is 0. The molecule has 1 fully saturated rings. The monoisotopic (exact) mass is 308 g/mol. The highest BCUT2D eigenvalue weighted by Crippen LogP contribution is 2.41. The molecule has 0 spiro atoms. The van der Waals surface area contributed by atoms with Gasteiger partial charge in [-0.25, -0.2) is 0 Å². The van der Waals surface area contributed by atoms with Gasteiger partial charge in [-0.1, -0.05) is 12.2 Å². The standard InChI is InChI=1S/C18H32N2O2/c1-7-9-19(10-8-2)16(22)15-13-17(3,4)20(11-12-21)18(5,6)14-15/h7-8,15,21H,1-2,9-14H2,3-6H3. The molecule has 1 saturated heterocycles. The van der Waals surface area contributed by atoms with Crippen molar-refractivity contribution in [1.29, 1.82) is 0 Å². The average Bonchev–Trinajstić information content (AvgIpc) is 2.41. The summed E-state index contributed by atoms with van der Waals surface area (Å²) in [4.78, 5) is 17.0. The molecule has 0 unspecified atom stereocenters. The lowest BCUT2D eigenvalue weighted by atomic mass is 9.73. The minimum absolute atomic E-state index is 0.000146. The van der Waals surface area contributed by atoms with Crippen LogP contribution in [0.3, 0.4) is 0 Å². The van der Waals surface area contributed by atoms with Gasteiger partial charge in [0.15, 0.2) is 0 Å². The normalized spacial score (nSPS) is 21.3. The first kappa shape index (κ1) is 18.9. The van der Waals surface area contributed by atoms with Crippen LogP contribution in [0.1, 0.15) is 40.5 Å². The molecule has 0 atom stereocenters. The van der Waals surface area contributed by atoms with E-state index in [1.165, 1.54) is 0 Å². The van der Waals surface area contributed by atoms with Gasteiger partial charge >= 0.3 is 0 Å². The zero-order chi connectivity index (χ0) is 17.0. The van der Waals surface area contributed by atoms with Gasteiger partial charge < -0.3 is 10.0 Å². The van der Waals surface area contributed by atoms with Crippen molar-refractivity contribution in [1.82, 2.24) is 9.80 Å². The summed E-state index contributed by atoms with van der Waals surface area (Å²) in [6.45, 7) is 18.0. The second kappa shape index (κ2) is 7.42. The quantitative estimate of drug-likeness (QED) is 0.735. The molecule has 1 N–H and O–H groups in total. The van der Waals surface area contributed by atoms with Crippen LogP contribution in [0.15, 0.2) is 25.3 Å². The molecule has 0 aromatic carbocycles. The van der Waals surface area contributed by atoms with Gasteiger partial charge in [0.1, 0.15) is 0 Å². The summed E-state index contributed by atoms with van der Waals surface area (Å²) in [5.74, 6) is 0.185. The highest BCUT2D eigenvalue weighted by atomic mass is 16.3. The maximum absolute atomic E-state index is 12.9. The molecule has 22 heavy (non-hydrogen) atoms. The zero-order valence-corrected chi connectivity index (χ0v) is 14.6. The lowest BCUT2D eigenvalue weighted by Gasteiger charge is -2.55.